The Balaban J connectivity index is 2.41. The molecule has 0 saturated carbocycles. The maximum Gasteiger partial charge on any atom is 0.417 e. The van der Waals surface area contributed by atoms with Gasteiger partial charge in [0.25, 0.3) is 0 Å². The van der Waals surface area contributed by atoms with Crippen molar-refractivity contribution in [2.45, 2.75) is 13.1 Å². The zero-order valence-corrected chi connectivity index (χ0v) is 12.0. The van der Waals surface area contributed by atoms with E-state index in [0.29, 0.717) is 17.4 Å². The first-order chi connectivity index (χ1) is 10.8. The fraction of sp³-hybridized carbons (Fsp3) is 0.118. The molecule has 0 atom stereocenters. The van der Waals surface area contributed by atoms with Crippen molar-refractivity contribution in [3.63, 3.8) is 0 Å². The highest BCUT2D eigenvalue weighted by Gasteiger charge is 2.34. The van der Waals surface area contributed by atoms with E-state index < -0.39 is 17.6 Å². The Hall–Kier alpha value is -2.63. The lowest BCUT2D eigenvalue weighted by Crippen LogP contribution is -2.07. The van der Waals surface area contributed by atoms with Gasteiger partial charge in [0.15, 0.2) is 6.29 Å². The minimum absolute atomic E-state index is 0.00646. The summed E-state index contributed by atoms with van der Waals surface area (Å²) >= 11 is 0. The quantitative estimate of drug-likeness (QED) is 0.516. The van der Waals surface area contributed by atoms with Gasteiger partial charge < -0.3 is 4.98 Å². The molecular formula is C17H11F4NO. The molecule has 0 unspecified atom stereocenters. The van der Waals surface area contributed by atoms with Gasteiger partial charge >= 0.3 is 6.18 Å². The fourth-order valence-electron chi connectivity index (χ4n) is 2.70. The fourth-order valence-corrected chi connectivity index (χ4v) is 2.70. The molecule has 0 aliphatic carbocycles. The van der Waals surface area contributed by atoms with E-state index in [0.717, 1.165) is 6.07 Å². The lowest BCUT2D eigenvalue weighted by atomic mass is 10.00. The van der Waals surface area contributed by atoms with Crippen molar-refractivity contribution in [1.29, 1.82) is 0 Å². The van der Waals surface area contributed by atoms with Gasteiger partial charge in [0.2, 0.25) is 0 Å². The number of aldehydes is 1. The minimum atomic E-state index is -4.58. The molecule has 0 saturated heterocycles. The second-order valence-corrected chi connectivity index (χ2v) is 5.19. The van der Waals surface area contributed by atoms with Crippen molar-refractivity contribution in [2.24, 2.45) is 0 Å². The van der Waals surface area contributed by atoms with E-state index in [1.165, 1.54) is 30.3 Å². The second-order valence-electron chi connectivity index (χ2n) is 5.19. The largest absolute Gasteiger partial charge is 0.417 e. The number of aromatic amines is 1. The van der Waals surface area contributed by atoms with Gasteiger partial charge in [-0.25, -0.2) is 4.39 Å². The average molecular weight is 321 g/mol. The molecule has 0 fully saturated rings. The number of carbonyl (C=O) groups excluding carboxylic acids is 1. The van der Waals surface area contributed by atoms with Crippen LogP contribution >= 0.6 is 0 Å². The first-order valence-corrected chi connectivity index (χ1v) is 6.77. The molecule has 3 rings (SSSR count). The molecule has 2 nitrogen and oxygen atoms in total. The van der Waals surface area contributed by atoms with E-state index in [4.69, 9.17) is 0 Å². The number of hydrogen-bond acceptors (Lipinski definition) is 1. The number of benzene rings is 2. The van der Waals surface area contributed by atoms with Crippen LogP contribution in [0.2, 0.25) is 0 Å². The third-order valence-corrected chi connectivity index (χ3v) is 3.77. The summed E-state index contributed by atoms with van der Waals surface area (Å²) in [5, 5.41) is 0.00646. The predicted octanol–water partition coefficient (Wildman–Crippen LogP) is 5.11. The summed E-state index contributed by atoms with van der Waals surface area (Å²) in [5.74, 6) is -0.653. The van der Waals surface area contributed by atoms with Crippen LogP contribution in [0.1, 0.15) is 21.5 Å². The maximum atomic E-state index is 14.1. The maximum absolute atomic E-state index is 14.1. The predicted molar refractivity (Wildman–Crippen MR) is 78.8 cm³/mol. The molecule has 23 heavy (non-hydrogen) atoms. The van der Waals surface area contributed by atoms with E-state index >= 15 is 0 Å². The smallest absolute Gasteiger partial charge is 0.354 e. The summed E-state index contributed by atoms with van der Waals surface area (Å²) < 4.78 is 53.7. The number of aryl methyl sites for hydroxylation is 1. The SMILES string of the molecule is Cc1ccc(F)c2c(C=O)c(-c3ccccc3C(F)(F)F)[nH]c12. The number of carbonyl (C=O) groups is 1. The minimum Gasteiger partial charge on any atom is -0.354 e. The lowest BCUT2D eigenvalue weighted by molar-refractivity contribution is -0.137. The third kappa shape index (κ3) is 2.40. The third-order valence-electron chi connectivity index (χ3n) is 3.77. The van der Waals surface area contributed by atoms with E-state index in [2.05, 4.69) is 4.98 Å². The zero-order chi connectivity index (χ0) is 16.8. The monoisotopic (exact) mass is 321 g/mol. The Kier molecular flexibility index (Phi) is 3.47. The molecule has 1 heterocycles. The molecule has 2 aromatic carbocycles. The number of H-pyrrole nitrogens is 1. The van der Waals surface area contributed by atoms with Crippen LogP contribution in [0.5, 0.6) is 0 Å². The van der Waals surface area contributed by atoms with Gasteiger partial charge in [0.05, 0.1) is 22.3 Å². The Morgan fingerprint density at radius 1 is 1.09 bits per heavy atom. The molecule has 1 N–H and O–H groups in total. The van der Waals surface area contributed by atoms with Crippen LogP contribution in [0.15, 0.2) is 36.4 Å². The Bertz CT molecular complexity index is 909. The summed E-state index contributed by atoms with van der Waals surface area (Å²) in [6.45, 7) is 1.69. The van der Waals surface area contributed by atoms with Gasteiger partial charge in [-0.3, -0.25) is 4.79 Å². The Morgan fingerprint density at radius 2 is 1.78 bits per heavy atom. The van der Waals surface area contributed by atoms with Crippen LogP contribution in [0.25, 0.3) is 22.2 Å². The van der Waals surface area contributed by atoms with Crippen LogP contribution < -0.4 is 0 Å². The number of fused-ring (bicyclic) bond motifs is 1. The molecule has 3 aromatic rings. The van der Waals surface area contributed by atoms with Gasteiger partial charge in [-0.1, -0.05) is 24.3 Å². The molecule has 0 amide bonds. The van der Waals surface area contributed by atoms with E-state index in [1.807, 2.05) is 0 Å². The van der Waals surface area contributed by atoms with Gasteiger partial charge in [-0.2, -0.15) is 13.2 Å². The standard InChI is InChI=1S/C17H11F4NO/c1-9-6-7-13(18)14-11(8-23)16(22-15(9)14)10-4-2-3-5-12(10)17(19,20)21/h2-8,22H,1H3. The van der Waals surface area contributed by atoms with Gasteiger partial charge in [0, 0.05) is 10.9 Å². The average Bonchev–Trinajstić information content (AvgIpc) is 2.91. The topological polar surface area (TPSA) is 32.9 Å². The molecule has 6 heteroatoms. The lowest BCUT2D eigenvalue weighted by Gasteiger charge is -2.12. The molecule has 0 spiro atoms. The van der Waals surface area contributed by atoms with E-state index in [1.54, 1.807) is 6.92 Å². The number of aromatic nitrogens is 1. The zero-order valence-electron chi connectivity index (χ0n) is 12.0. The summed E-state index contributed by atoms with van der Waals surface area (Å²) in [6.07, 6.45) is -4.20. The number of rotatable bonds is 2. The van der Waals surface area contributed by atoms with Crippen LogP contribution in [-0.2, 0) is 6.18 Å². The molecule has 118 valence electrons. The molecule has 0 radical (unpaired) electrons. The highest BCUT2D eigenvalue weighted by atomic mass is 19.4. The van der Waals surface area contributed by atoms with Crippen LogP contribution in [-0.4, -0.2) is 11.3 Å². The van der Waals surface area contributed by atoms with Crippen molar-refractivity contribution in [2.75, 3.05) is 0 Å². The Morgan fingerprint density at radius 3 is 2.43 bits per heavy atom. The van der Waals surface area contributed by atoms with E-state index in [-0.39, 0.29) is 22.2 Å². The number of halogens is 4. The second kappa shape index (κ2) is 5.22. The first-order valence-electron chi connectivity index (χ1n) is 6.77. The van der Waals surface area contributed by atoms with Gasteiger partial charge in [0.1, 0.15) is 5.82 Å². The van der Waals surface area contributed by atoms with Crippen molar-refractivity contribution in [3.05, 3.63) is 58.9 Å². The summed E-state index contributed by atoms with van der Waals surface area (Å²) in [5.41, 5.74) is -0.252. The van der Waals surface area contributed by atoms with Crippen LogP contribution in [0.3, 0.4) is 0 Å². The molecule has 0 aliphatic rings. The number of alkyl halides is 3. The molecule has 0 bridgehead atoms. The van der Waals surface area contributed by atoms with Crippen molar-refractivity contribution < 1.29 is 22.4 Å². The molecule has 1 aromatic heterocycles. The number of hydrogen-bond donors (Lipinski definition) is 1. The summed E-state index contributed by atoms with van der Waals surface area (Å²) in [6, 6.07) is 7.59. The van der Waals surface area contributed by atoms with Crippen molar-refractivity contribution >= 4 is 17.2 Å². The van der Waals surface area contributed by atoms with Crippen molar-refractivity contribution in [1.82, 2.24) is 4.98 Å². The highest BCUT2D eigenvalue weighted by molar-refractivity contribution is 6.05. The summed E-state index contributed by atoms with van der Waals surface area (Å²) in [7, 11) is 0. The van der Waals surface area contributed by atoms with E-state index in [9.17, 15) is 22.4 Å². The van der Waals surface area contributed by atoms with Crippen LogP contribution in [0, 0.1) is 12.7 Å². The molecule has 0 aliphatic heterocycles. The highest BCUT2D eigenvalue weighted by Crippen LogP contribution is 2.40. The Labute approximate surface area is 128 Å². The van der Waals surface area contributed by atoms with Gasteiger partial charge in [-0.15, -0.1) is 0 Å². The first kappa shape index (κ1) is 15.3. The van der Waals surface area contributed by atoms with Crippen LogP contribution in [0.4, 0.5) is 17.6 Å². The summed E-state index contributed by atoms with van der Waals surface area (Å²) in [4.78, 5) is 14.2. The normalized spacial score (nSPS) is 11.9. The molecular weight excluding hydrogens is 310 g/mol. The number of nitrogens with one attached hydrogen (secondary N) is 1. The van der Waals surface area contributed by atoms with Crippen molar-refractivity contribution in [3.8, 4) is 11.3 Å². The van der Waals surface area contributed by atoms with Gasteiger partial charge in [-0.05, 0) is 24.6 Å².